The minimum Gasteiger partial charge on any atom is -0.252 e. The fourth-order valence-corrected chi connectivity index (χ4v) is 2.02. The molecule has 1 aromatic heterocycles. The summed E-state index contributed by atoms with van der Waals surface area (Å²) >= 11 is 0. The Balaban J connectivity index is 2.27. The van der Waals surface area contributed by atoms with Crippen LogP contribution in [0.1, 0.15) is 5.69 Å². The molecular formula is C16H12N. The van der Waals surface area contributed by atoms with Gasteiger partial charge in [-0.25, -0.2) is 0 Å². The van der Waals surface area contributed by atoms with Crippen molar-refractivity contribution in [2.45, 2.75) is 0 Å². The number of benzene rings is 2. The van der Waals surface area contributed by atoms with Gasteiger partial charge in [0, 0.05) is 16.6 Å². The van der Waals surface area contributed by atoms with Crippen molar-refractivity contribution >= 4 is 10.9 Å². The minimum atomic E-state index is 0.829. The van der Waals surface area contributed by atoms with Crippen LogP contribution in [-0.2, 0) is 0 Å². The SMILES string of the molecule is [CH2]c1nc2ccccc2cc1-c1ccccc1. The summed E-state index contributed by atoms with van der Waals surface area (Å²) in [5, 5.41) is 1.15. The van der Waals surface area contributed by atoms with Gasteiger partial charge in [0.05, 0.1) is 5.52 Å². The summed E-state index contributed by atoms with van der Waals surface area (Å²) in [6.07, 6.45) is 0. The highest BCUT2D eigenvalue weighted by molar-refractivity contribution is 5.85. The van der Waals surface area contributed by atoms with Crippen LogP contribution in [-0.4, -0.2) is 4.98 Å². The third-order valence-corrected chi connectivity index (χ3v) is 2.89. The molecule has 1 heterocycles. The monoisotopic (exact) mass is 218 g/mol. The van der Waals surface area contributed by atoms with Crippen LogP contribution in [0.2, 0.25) is 0 Å². The van der Waals surface area contributed by atoms with E-state index in [-0.39, 0.29) is 0 Å². The Morgan fingerprint density at radius 2 is 1.53 bits per heavy atom. The molecule has 1 nitrogen and oxygen atoms in total. The fraction of sp³-hybridized carbons (Fsp3) is 0. The van der Waals surface area contributed by atoms with Crippen molar-refractivity contribution in [3.05, 3.63) is 73.3 Å². The molecule has 0 N–H and O–H groups in total. The summed E-state index contributed by atoms with van der Waals surface area (Å²) in [5.41, 5.74) is 4.09. The van der Waals surface area contributed by atoms with Gasteiger partial charge in [0.1, 0.15) is 0 Å². The Bertz CT molecular complexity index is 657. The lowest BCUT2D eigenvalue weighted by atomic mass is 10.0. The van der Waals surface area contributed by atoms with E-state index >= 15 is 0 Å². The number of hydrogen-bond donors (Lipinski definition) is 0. The third-order valence-electron chi connectivity index (χ3n) is 2.89. The van der Waals surface area contributed by atoms with Gasteiger partial charge >= 0.3 is 0 Å². The van der Waals surface area contributed by atoms with Crippen molar-refractivity contribution in [1.82, 2.24) is 4.98 Å². The molecular weight excluding hydrogens is 206 g/mol. The average Bonchev–Trinajstić information content (AvgIpc) is 2.39. The lowest BCUT2D eigenvalue weighted by molar-refractivity contribution is 1.34. The van der Waals surface area contributed by atoms with Crippen LogP contribution >= 0.6 is 0 Å². The Labute approximate surface area is 101 Å². The molecule has 0 atom stereocenters. The zero-order chi connectivity index (χ0) is 11.7. The largest absolute Gasteiger partial charge is 0.252 e. The molecule has 0 aliphatic rings. The van der Waals surface area contributed by atoms with Gasteiger partial charge in [-0.15, -0.1) is 0 Å². The van der Waals surface area contributed by atoms with Crippen LogP contribution in [0.15, 0.2) is 60.7 Å². The molecule has 17 heavy (non-hydrogen) atoms. The molecule has 1 radical (unpaired) electrons. The molecule has 0 aliphatic heterocycles. The van der Waals surface area contributed by atoms with Crippen molar-refractivity contribution < 1.29 is 0 Å². The molecule has 0 unspecified atom stereocenters. The van der Waals surface area contributed by atoms with Crippen molar-refractivity contribution in [1.29, 1.82) is 0 Å². The number of nitrogens with zero attached hydrogens (tertiary/aromatic N) is 1. The smallest absolute Gasteiger partial charge is 0.0705 e. The third kappa shape index (κ3) is 1.80. The second-order valence-corrected chi connectivity index (χ2v) is 4.04. The van der Waals surface area contributed by atoms with Crippen molar-refractivity contribution in [2.24, 2.45) is 0 Å². The second kappa shape index (κ2) is 4.02. The van der Waals surface area contributed by atoms with E-state index in [0.29, 0.717) is 0 Å². The van der Waals surface area contributed by atoms with Gasteiger partial charge in [-0.05, 0) is 24.6 Å². The summed E-state index contributed by atoms with van der Waals surface area (Å²) in [7, 11) is 0. The molecule has 1 heteroatoms. The van der Waals surface area contributed by atoms with Gasteiger partial charge in [-0.2, -0.15) is 0 Å². The first-order valence-corrected chi connectivity index (χ1v) is 5.62. The minimum absolute atomic E-state index is 0.829. The Hall–Kier alpha value is -2.15. The van der Waals surface area contributed by atoms with Crippen molar-refractivity contribution in [3.8, 4) is 11.1 Å². The lowest BCUT2D eigenvalue weighted by Crippen LogP contribution is -1.89. The van der Waals surface area contributed by atoms with Crippen LogP contribution < -0.4 is 0 Å². The van der Waals surface area contributed by atoms with Gasteiger partial charge in [-0.3, -0.25) is 4.98 Å². The summed E-state index contributed by atoms with van der Waals surface area (Å²) in [4.78, 5) is 4.54. The fourth-order valence-electron chi connectivity index (χ4n) is 2.02. The number of rotatable bonds is 1. The van der Waals surface area contributed by atoms with E-state index in [1.807, 2.05) is 36.4 Å². The maximum absolute atomic E-state index is 4.54. The highest BCUT2D eigenvalue weighted by Gasteiger charge is 2.04. The highest BCUT2D eigenvalue weighted by atomic mass is 14.7. The molecule has 81 valence electrons. The molecule has 0 bridgehead atoms. The summed E-state index contributed by atoms with van der Waals surface area (Å²) in [6, 6.07) is 20.5. The van der Waals surface area contributed by atoms with Gasteiger partial charge in [-0.1, -0.05) is 48.5 Å². The van der Waals surface area contributed by atoms with E-state index in [0.717, 1.165) is 27.7 Å². The van der Waals surface area contributed by atoms with E-state index in [1.165, 1.54) is 0 Å². The van der Waals surface area contributed by atoms with E-state index in [4.69, 9.17) is 0 Å². The van der Waals surface area contributed by atoms with E-state index in [2.05, 4.69) is 36.2 Å². The van der Waals surface area contributed by atoms with Crippen LogP contribution in [0.4, 0.5) is 0 Å². The number of hydrogen-bond acceptors (Lipinski definition) is 1. The molecule has 0 amide bonds. The standard InChI is InChI=1S/C16H12N/c1-12-15(13-7-3-2-4-8-13)11-14-9-5-6-10-16(14)17-12/h2-11H,1H2. The molecule has 2 aromatic carbocycles. The summed E-state index contributed by atoms with van der Waals surface area (Å²) in [6.45, 7) is 4.04. The first kappa shape index (κ1) is 10.0. The summed E-state index contributed by atoms with van der Waals surface area (Å²) < 4.78 is 0. The topological polar surface area (TPSA) is 12.9 Å². The maximum atomic E-state index is 4.54. The number of fused-ring (bicyclic) bond motifs is 1. The second-order valence-electron chi connectivity index (χ2n) is 4.04. The quantitative estimate of drug-likeness (QED) is 0.599. The zero-order valence-electron chi connectivity index (χ0n) is 9.43. The predicted molar refractivity (Wildman–Crippen MR) is 71.6 cm³/mol. The maximum Gasteiger partial charge on any atom is 0.0705 e. The van der Waals surface area contributed by atoms with Crippen LogP contribution in [0.5, 0.6) is 0 Å². The van der Waals surface area contributed by atoms with Crippen molar-refractivity contribution in [2.75, 3.05) is 0 Å². The van der Waals surface area contributed by atoms with Gasteiger partial charge in [0.15, 0.2) is 0 Å². The molecule has 0 spiro atoms. The first-order valence-electron chi connectivity index (χ1n) is 5.62. The van der Waals surface area contributed by atoms with E-state index < -0.39 is 0 Å². The number of aromatic nitrogens is 1. The van der Waals surface area contributed by atoms with E-state index in [9.17, 15) is 0 Å². The Kier molecular flexibility index (Phi) is 2.37. The normalized spacial score (nSPS) is 10.6. The van der Waals surface area contributed by atoms with Gasteiger partial charge < -0.3 is 0 Å². The molecule has 3 rings (SSSR count). The Morgan fingerprint density at radius 1 is 0.824 bits per heavy atom. The Morgan fingerprint density at radius 3 is 2.35 bits per heavy atom. The molecule has 3 aromatic rings. The first-order chi connectivity index (χ1) is 8.34. The van der Waals surface area contributed by atoms with Crippen molar-refractivity contribution in [3.63, 3.8) is 0 Å². The van der Waals surface area contributed by atoms with Crippen LogP contribution in [0, 0.1) is 6.92 Å². The molecule has 0 aliphatic carbocycles. The molecule has 0 saturated carbocycles. The predicted octanol–water partition coefficient (Wildman–Crippen LogP) is 4.08. The van der Waals surface area contributed by atoms with E-state index in [1.54, 1.807) is 0 Å². The number of para-hydroxylation sites is 1. The lowest BCUT2D eigenvalue weighted by Gasteiger charge is -2.07. The highest BCUT2D eigenvalue weighted by Crippen LogP contribution is 2.25. The summed E-state index contributed by atoms with van der Waals surface area (Å²) in [5.74, 6) is 0. The zero-order valence-corrected chi connectivity index (χ0v) is 9.43. The van der Waals surface area contributed by atoms with Gasteiger partial charge in [0.25, 0.3) is 0 Å². The van der Waals surface area contributed by atoms with Crippen LogP contribution in [0.25, 0.3) is 22.0 Å². The average molecular weight is 218 g/mol. The van der Waals surface area contributed by atoms with Crippen LogP contribution in [0.3, 0.4) is 0 Å². The number of pyridine rings is 1. The van der Waals surface area contributed by atoms with Gasteiger partial charge in [0.2, 0.25) is 0 Å². The molecule has 0 saturated heterocycles. The molecule has 0 fully saturated rings.